The molecule has 0 atom stereocenters. The molecule has 0 unspecified atom stereocenters. The van der Waals surface area contributed by atoms with Crippen molar-refractivity contribution < 1.29 is 27.1 Å². The van der Waals surface area contributed by atoms with E-state index in [-0.39, 0.29) is 16.7 Å². The van der Waals surface area contributed by atoms with Crippen LogP contribution in [0.4, 0.5) is 8.78 Å². The topological polar surface area (TPSA) is 83.5 Å². The van der Waals surface area contributed by atoms with E-state index in [1.54, 1.807) is 0 Å². The van der Waals surface area contributed by atoms with Crippen molar-refractivity contribution in [3.63, 3.8) is 0 Å². The third-order valence-corrected chi connectivity index (χ3v) is 4.32. The lowest BCUT2D eigenvalue weighted by molar-refractivity contribution is 0.0696. The minimum Gasteiger partial charge on any atom is -0.478 e. The zero-order valence-corrected chi connectivity index (χ0v) is 12.6. The molecule has 0 spiro atoms. The number of hydrogen-bond acceptors (Lipinski definition) is 3. The Morgan fingerprint density at radius 3 is 2.52 bits per heavy atom. The van der Waals surface area contributed by atoms with E-state index in [9.17, 15) is 22.0 Å². The average Bonchev–Trinajstić information content (AvgIpc) is 2.45. The average molecular weight is 341 g/mol. The zero-order valence-electron chi connectivity index (χ0n) is 11.8. The molecule has 0 bridgehead atoms. The van der Waals surface area contributed by atoms with Crippen molar-refractivity contribution in [2.45, 2.75) is 12.3 Å². The molecule has 2 aromatic rings. The van der Waals surface area contributed by atoms with Crippen molar-refractivity contribution in [3.8, 4) is 0 Å². The molecular formula is C15H13F2NO4S. The summed E-state index contributed by atoms with van der Waals surface area (Å²) in [6, 6.07) is 8.22. The van der Waals surface area contributed by atoms with Crippen molar-refractivity contribution in [1.82, 2.24) is 4.72 Å². The molecule has 5 nitrogen and oxygen atoms in total. The Labute approximate surface area is 131 Å². The van der Waals surface area contributed by atoms with Gasteiger partial charge in [-0.25, -0.2) is 26.7 Å². The minimum atomic E-state index is -3.83. The Bertz CT molecular complexity index is 837. The van der Waals surface area contributed by atoms with Gasteiger partial charge in [-0.05, 0) is 35.9 Å². The van der Waals surface area contributed by atoms with Crippen molar-refractivity contribution in [2.75, 3.05) is 0 Å². The van der Waals surface area contributed by atoms with Crippen LogP contribution in [-0.4, -0.2) is 19.5 Å². The maximum absolute atomic E-state index is 13.6. The van der Waals surface area contributed by atoms with E-state index in [2.05, 4.69) is 4.72 Å². The molecule has 0 aliphatic carbocycles. The lowest BCUT2D eigenvalue weighted by Gasteiger charge is -2.08. The maximum atomic E-state index is 13.6. The Morgan fingerprint density at radius 1 is 1.13 bits per heavy atom. The minimum absolute atomic E-state index is 0.0901. The number of rotatable bonds is 6. The van der Waals surface area contributed by atoms with Crippen LogP contribution in [0.1, 0.15) is 21.5 Å². The van der Waals surface area contributed by atoms with Gasteiger partial charge >= 0.3 is 5.97 Å². The summed E-state index contributed by atoms with van der Waals surface area (Å²) in [6.07, 6.45) is 0. The molecule has 0 aliphatic heterocycles. The first kappa shape index (κ1) is 17.0. The Balaban J connectivity index is 2.10. The molecule has 23 heavy (non-hydrogen) atoms. The second kappa shape index (κ2) is 6.84. The van der Waals surface area contributed by atoms with Crippen LogP contribution in [0.5, 0.6) is 0 Å². The van der Waals surface area contributed by atoms with Crippen LogP contribution in [-0.2, 0) is 22.3 Å². The normalized spacial score (nSPS) is 11.4. The molecule has 0 amide bonds. The third-order valence-electron chi connectivity index (χ3n) is 3.02. The molecule has 0 aliphatic rings. The van der Waals surface area contributed by atoms with Gasteiger partial charge in [0.2, 0.25) is 10.0 Å². The number of carbonyl (C=O) groups is 1. The first-order valence-electron chi connectivity index (χ1n) is 6.50. The summed E-state index contributed by atoms with van der Waals surface area (Å²) in [4.78, 5) is 10.8. The lowest BCUT2D eigenvalue weighted by Crippen LogP contribution is -2.25. The molecule has 2 N–H and O–H groups in total. The second-order valence-electron chi connectivity index (χ2n) is 4.82. The summed E-state index contributed by atoms with van der Waals surface area (Å²) < 4.78 is 52.7. The molecule has 0 saturated carbocycles. The zero-order chi connectivity index (χ0) is 17.0. The van der Waals surface area contributed by atoms with E-state index in [0.717, 1.165) is 24.3 Å². The number of halogens is 2. The first-order valence-corrected chi connectivity index (χ1v) is 8.15. The highest BCUT2D eigenvalue weighted by Gasteiger charge is 2.14. The highest BCUT2D eigenvalue weighted by molar-refractivity contribution is 7.88. The standard InChI is InChI=1S/C15H13F2NO4S/c16-13-3-1-2-10(6-13)9-23(21,22)18-8-12-7-11(15(19)20)4-5-14(12)17/h1-7,18H,8-9H2,(H,19,20). The van der Waals surface area contributed by atoms with Gasteiger partial charge in [-0.3, -0.25) is 0 Å². The van der Waals surface area contributed by atoms with Gasteiger partial charge in [-0.15, -0.1) is 0 Å². The molecule has 8 heteroatoms. The highest BCUT2D eigenvalue weighted by Crippen LogP contribution is 2.12. The highest BCUT2D eigenvalue weighted by atomic mass is 32.2. The lowest BCUT2D eigenvalue weighted by atomic mass is 10.1. The summed E-state index contributed by atoms with van der Waals surface area (Å²) in [6.45, 7) is -0.398. The number of carboxylic acid groups (broad SMARTS) is 1. The molecule has 2 aromatic carbocycles. The van der Waals surface area contributed by atoms with Gasteiger partial charge < -0.3 is 5.11 Å². The molecule has 0 fully saturated rings. The van der Waals surface area contributed by atoms with Crippen LogP contribution in [0.25, 0.3) is 0 Å². The van der Waals surface area contributed by atoms with Crippen molar-refractivity contribution in [3.05, 3.63) is 70.8 Å². The summed E-state index contributed by atoms with van der Waals surface area (Å²) in [5.41, 5.74) is 0.00991. The number of hydrogen-bond donors (Lipinski definition) is 2. The van der Waals surface area contributed by atoms with Crippen LogP contribution in [0.15, 0.2) is 42.5 Å². The quantitative estimate of drug-likeness (QED) is 0.844. The van der Waals surface area contributed by atoms with Crippen LogP contribution in [0.2, 0.25) is 0 Å². The summed E-state index contributed by atoms with van der Waals surface area (Å²) in [5.74, 6) is -2.99. The molecule has 0 heterocycles. The molecular weight excluding hydrogens is 328 g/mol. The summed E-state index contributed by atoms with van der Waals surface area (Å²) in [7, 11) is -3.83. The van der Waals surface area contributed by atoms with Crippen LogP contribution >= 0.6 is 0 Å². The van der Waals surface area contributed by atoms with E-state index in [4.69, 9.17) is 5.11 Å². The van der Waals surface area contributed by atoms with Crippen LogP contribution < -0.4 is 4.72 Å². The predicted molar refractivity (Wildman–Crippen MR) is 79.2 cm³/mol. The van der Waals surface area contributed by atoms with Gasteiger partial charge in [0, 0.05) is 12.1 Å². The second-order valence-corrected chi connectivity index (χ2v) is 6.63. The van der Waals surface area contributed by atoms with Gasteiger partial charge in [0.25, 0.3) is 0 Å². The number of nitrogens with one attached hydrogen (secondary N) is 1. The van der Waals surface area contributed by atoms with Crippen LogP contribution in [0, 0.1) is 11.6 Å². The van der Waals surface area contributed by atoms with Gasteiger partial charge in [-0.1, -0.05) is 12.1 Å². The SMILES string of the molecule is O=C(O)c1ccc(F)c(CNS(=O)(=O)Cc2cccc(F)c2)c1. The van der Waals surface area contributed by atoms with E-state index >= 15 is 0 Å². The largest absolute Gasteiger partial charge is 0.478 e. The fourth-order valence-corrected chi connectivity index (χ4v) is 3.02. The van der Waals surface area contributed by atoms with Crippen molar-refractivity contribution >= 4 is 16.0 Å². The van der Waals surface area contributed by atoms with Gasteiger partial charge in [0.15, 0.2) is 0 Å². The Kier molecular flexibility index (Phi) is 5.07. The van der Waals surface area contributed by atoms with Crippen molar-refractivity contribution in [1.29, 1.82) is 0 Å². The predicted octanol–water partition coefficient (Wildman–Crippen LogP) is 2.28. The summed E-state index contributed by atoms with van der Waals surface area (Å²) in [5, 5.41) is 8.85. The summed E-state index contributed by atoms with van der Waals surface area (Å²) >= 11 is 0. The monoisotopic (exact) mass is 341 g/mol. The fourth-order valence-electron chi connectivity index (χ4n) is 1.93. The van der Waals surface area contributed by atoms with E-state index in [1.165, 1.54) is 18.2 Å². The Morgan fingerprint density at radius 2 is 1.87 bits per heavy atom. The first-order chi connectivity index (χ1) is 10.8. The van der Waals surface area contributed by atoms with Gasteiger partial charge in [0.1, 0.15) is 11.6 Å². The number of benzene rings is 2. The van der Waals surface area contributed by atoms with Crippen LogP contribution in [0.3, 0.4) is 0 Å². The molecule has 0 radical (unpaired) electrons. The number of aromatic carboxylic acids is 1. The van der Waals surface area contributed by atoms with Crippen molar-refractivity contribution in [2.24, 2.45) is 0 Å². The van der Waals surface area contributed by atoms with E-state index in [0.29, 0.717) is 0 Å². The fraction of sp³-hybridized carbons (Fsp3) is 0.133. The number of sulfonamides is 1. The Hall–Kier alpha value is -2.32. The van der Waals surface area contributed by atoms with Gasteiger partial charge in [0.05, 0.1) is 11.3 Å². The molecule has 0 aromatic heterocycles. The molecule has 122 valence electrons. The number of carboxylic acids is 1. The van der Waals surface area contributed by atoms with E-state index < -0.39 is 39.9 Å². The third kappa shape index (κ3) is 4.83. The van der Waals surface area contributed by atoms with Gasteiger partial charge in [-0.2, -0.15) is 0 Å². The smallest absolute Gasteiger partial charge is 0.335 e. The molecule has 2 rings (SSSR count). The van der Waals surface area contributed by atoms with E-state index in [1.807, 2.05) is 0 Å². The molecule has 0 saturated heterocycles. The maximum Gasteiger partial charge on any atom is 0.335 e.